The molecule has 0 spiro atoms. The number of nitrogens with zero attached hydrogens (tertiary/aromatic N) is 2. The molecule has 2 unspecified atom stereocenters. The first kappa shape index (κ1) is 13.5. The highest BCUT2D eigenvalue weighted by atomic mass is 16.5. The molecule has 4 heteroatoms. The van der Waals surface area contributed by atoms with Gasteiger partial charge in [-0.15, -0.1) is 0 Å². The van der Waals surface area contributed by atoms with E-state index in [1.54, 1.807) is 0 Å². The van der Waals surface area contributed by atoms with Crippen molar-refractivity contribution in [1.82, 2.24) is 4.98 Å². The number of anilines is 2. The van der Waals surface area contributed by atoms with E-state index in [1.165, 1.54) is 32.1 Å². The van der Waals surface area contributed by atoms with Crippen molar-refractivity contribution >= 4 is 11.5 Å². The van der Waals surface area contributed by atoms with Gasteiger partial charge in [0, 0.05) is 12.6 Å². The lowest BCUT2D eigenvalue weighted by atomic mass is 9.85. The highest BCUT2D eigenvalue weighted by Gasteiger charge is 2.36. The molecule has 1 saturated heterocycles. The molecule has 20 heavy (non-hydrogen) atoms. The molecule has 2 fully saturated rings. The van der Waals surface area contributed by atoms with Crippen molar-refractivity contribution in [3.63, 3.8) is 0 Å². The summed E-state index contributed by atoms with van der Waals surface area (Å²) in [5, 5.41) is 0. The second-order valence-electron chi connectivity index (χ2n) is 6.01. The molecule has 2 atom stereocenters. The summed E-state index contributed by atoms with van der Waals surface area (Å²) in [6, 6.07) is 4.66. The van der Waals surface area contributed by atoms with Gasteiger partial charge in [-0.25, -0.2) is 0 Å². The van der Waals surface area contributed by atoms with Crippen LogP contribution in [0.4, 0.5) is 11.5 Å². The summed E-state index contributed by atoms with van der Waals surface area (Å²) in [4.78, 5) is 7.14. The largest absolute Gasteiger partial charge is 0.476 e. The Balaban J connectivity index is 1.79. The summed E-state index contributed by atoms with van der Waals surface area (Å²) in [6.07, 6.45) is 7.72. The molecule has 110 valence electrons. The zero-order valence-electron chi connectivity index (χ0n) is 12.3. The predicted molar refractivity (Wildman–Crippen MR) is 82.1 cm³/mol. The van der Waals surface area contributed by atoms with Gasteiger partial charge in [0.1, 0.15) is 5.82 Å². The normalized spacial score (nSPS) is 25.6. The molecule has 0 amide bonds. The quantitative estimate of drug-likeness (QED) is 0.916. The van der Waals surface area contributed by atoms with Crippen molar-refractivity contribution in [2.75, 3.05) is 23.8 Å². The van der Waals surface area contributed by atoms with Gasteiger partial charge in [-0.05, 0) is 43.7 Å². The van der Waals surface area contributed by atoms with Gasteiger partial charge < -0.3 is 15.4 Å². The molecule has 1 aliphatic carbocycles. The number of hydrogen-bond donors (Lipinski definition) is 1. The number of hydrogen-bond acceptors (Lipinski definition) is 4. The third-order valence-corrected chi connectivity index (χ3v) is 4.62. The Hall–Kier alpha value is -1.45. The third kappa shape index (κ3) is 2.56. The van der Waals surface area contributed by atoms with Crippen LogP contribution in [0.25, 0.3) is 0 Å². The monoisotopic (exact) mass is 275 g/mol. The average Bonchev–Trinajstić information content (AvgIpc) is 2.90. The molecule has 0 aromatic carbocycles. The van der Waals surface area contributed by atoms with E-state index in [-0.39, 0.29) is 0 Å². The topological polar surface area (TPSA) is 51.4 Å². The van der Waals surface area contributed by atoms with Crippen LogP contribution in [0.3, 0.4) is 0 Å². The lowest BCUT2D eigenvalue weighted by Gasteiger charge is -2.32. The van der Waals surface area contributed by atoms with Crippen molar-refractivity contribution in [2.45, 2.75) is 51.5 Å². The molecule has 0 bridgehead atoms. The molecular formula is C16H25N3O. The van der Waals surface area contributed by atoms with Crippen molar-refractivity contribution in [3.05, 3.63) is 12.1 Å². The molecular weight excluding hydrogens is 250 g/mol. The second kappa shape index (κ2) is 5.90. The standard InChI is InChI=1S/C16H25N3O/c1-2-11-20-16-13(17)7-8-15(18-16)19-10-9-12-5-3-4-6-14(12)19/h7-8,12,14H,2-6,9-11,17H2,1H3. The number of pyridine rings is 1. The molecule has 2 N–H and O–H groups in total. The molecule has 1 aliphatic heterocycles. The van der Waals surface area contributed by atoms with E-state index in [0.717, 1.165) is 24.7 Å². The highest BCUT2D eigenvalue weighted by Crippen LogP contribution is 2.39. The first-order valence-electron chi connectivity index (χ1n) is 7.95. The van der Waals surface area contributed by atoms with E-state index >= 15 is 0 Å². The van der Waals surface area contributed by atoms with Gasteiger partial charge in [-0.2, -0.15) is 4.98 Å². The van der Waals surface area contributed by atoms with Crippen LogP contribution < -0.4 is 15.4 Å². The smallest absolute Gasteiger partial charge is 0.239 e. The van der Waals surface area contributed by atoms with Crippen LogP contribution >= 0.6 is 0 Å². The molecule has 4 nitrogen and oxygen atoms in total. The zero-order valence-corrected chi connectivity index (χ0v) is 12.3. The summed E-state index contributed by atoms with van der Waals surface area (Å²) in [7, 11) is 0. The highest BCUT2D eigenvalue weighted by molar-refractivity contribution is 5.55. The fraction of sp³-hybridized carbons (Fsp3) is 0.688. The molecule has 0 radical (unpaired) electrons. The minimum Gasteiger partial charge on any atom is -0.476 e. The number of aromatic nitrogens is 1. The fourth-order valence-electron chi connectivity index (χ4n) is 3.61. The van der Waals surface area contributed by atoms with Crippen LogP contribution in [0.15, 0.2) is 12.1 Å². The molecule has 1 saturated carbocycles. The van der Waals surface area contributed by atoms with Crippen LogP contribution in [-0.2, 0) is 0 Å². The molecule has 1 aromatic rings. The summed E-state index contributed by atoms with van der Waals surface area (Å²) in [6.45, 7) is 3.89. The SMILES string of the molecule is CCCOc1nc(N2CCC3CCCCC32)ccc1N. The molecule has 2 aliphatic rings. The van der Waals surface area contributed by atoms with Gasteiger partial charge in [-0.1, -0.05) is 19.8 Å². The summed E-state index contributed by atoms with van der Waals surface area (Å²) < 4.78 is 5.66. The van der Waals surface area contributed by atoms with Crippen LogP contribution in [0.1, 0.15) is 45.4 Å². The summed E-state index contributed by atoms with van der Waals surface area (Å²) in [5.41, 5.74) is 6.60. The first-order chi connectivity index (χ1) is 9.79. The van der Waals surface area contributed by atoms with E-state index in [1.807, 2.05) is 12.1 Å². The van der Waals surface area contributed by atoms with Crippen LogP contribution in [0, 0.1) is 5.92 Å². The predicted octanol–water partition coefficient (Wildman–Crippen LogP) is 3.22. The fourth-order valence-corrected chi connectivity index (χ4v) is 3.61. The molecule has 2 heterocycles. The summed E-state index contributed by atoms with van der Waals surface area (Å²) in [5.74, 6) is 2.51. The van der Waals surface area contributed by atoms with Gasteiger partial charge in [0.15, 0.2) is 0 Å². The van der Waals surface area contributed by atoms with Crippen LogP contribution in [0.5, 0.6) is 5.88 Å². The van der Waals surface area contributed by atoms with E-state index in [4.69, 9.17) is 10.5 Å². The van der Waals surface area contributed by atoms with E-state index in [0.29, 0.717) is 24.2 Å². The van der Waals surface area contributed by atoms with Crippen LogP contribution in [0.2, 0.25) is 0 Å². The Kier molecular flexibility index (Phi) is 3.99. The Morgan fingerprint density at radius 2 is 2.15 bits per heavy atom. The average molecular weight is 275 g/mol. The van der Waals surface area contributed by atoms with E-state index < -0.39 is 0 Å². The minimum absolute atomic E-state index is 0.601. The minimum atomic E-state index is 0.601. The number of nitrogen functional groups attached to an aromatic ring is 1. The third-order valence-electron chi connectivity index (χ3n) is 4.62. The maximum absolute atomic E-state index is 5.95. The van der Waals surface area contributed by atoms with Gasteiger partial charge in [-0.3, -0.25) is 0 Å². The lowest BCUT2D eigenvalue weighted by molar-refractivity contribution is 0.306. The first-order valence-corrected chi connectivity index (χ1v) is 7.95. The molecule has 1 aromatic heterocycles. The van der Waals surface area contributed by atoms with Crippen molar-refractivity contribution in [3.8, 4) is 5.88 Å². The van der Waals surface area contributed by atoms with Gasteiger partial charge in [0.25, 0.3) is 0 Å². The number of rotatable bonds is 4. The number of fused-ring (bicyclic) bond motifs is 1. The maximum Gasteiger partial charge on any atom is 0.239 e. The van der Waals surface area contributed by atoms with Gasteiger partial charge in [0.05, 0.1) is 12.3 Å². The van der Waals surface area contributed by atoms with Crippen LogP contribution in [-0.4, -0.2) is 24.2 Å². The van der Waals surface area contributed by atoms with Gasteiger partial charge >= 0.3 is 0 Å². The number of nitrogens with two attached hydrogens (primary N) is 1. The maximum atomic E-state index is 5.95. The van der Waals surface area contributed by atoms with E-state index in [2.05, 4.69) is 16.8 Å². The van der Waals surface area contributed by atoms with Crippen molar-refractivity contribution in [2.24, 2.45) is 5.92 Å². The van der Waals surface area contributed by atoms with E-state index in [9.17, 15) is 0 Å². The summed E-state index contributed by atoms with van der Waals surface area (Å²) >= 11 is 0. The molecule has 3 rings (SSSR count). The lowest BCUT2D eigenvalue weighted by Crippen LogP contribution is -2.35. The zero-order chi connectivity index (χ0) is 13.9. The number of ether oxygens (including phenoxy) is 1. The van der Waals surface area contributed by atoms with Crippen molar-refractivity contribution < 1.29 is 4.74 Å². The Bertz CT molecular complexity index is 463. The van der Waals surface area contributed by atoms with Crippen molar-refractivity contribution in [1.29, 1.82) is 0 Å². The Morgan fingerprint density at radius 1 is 1.30 bits per heavy atom. The Labute approximate surface area is 121 Å². The van der Waals surface area contributed by atoms with Gasteiger partial charge in [0.2, 0.25) is 5.88 Å². The second-order valence-corrected chi connectivity index (χ2v) is 6.01. The Morgan fingerprint density at radius 3 is 3.00 bits per heavy atom.